The van der Waals surface area contributed by atoms with Gasteiger partial charge in [-0.15, -0.1) is 0 Å². The quantitative estimate of drug-likeness (QED) is 0.587. The third kappa shape index (κ3) is 1.31. The molecule has 0 saturated heterocycles. The van der Waals surface area contributed by atoms with Crippen molar-refractivity contribution >= 4 is 5.78 Å². The molecule has 1 aromatic heterocycles. The summed E-state index contributed by atoms with van der Waals surface area (Å²) in [6.07, 6.45) is 0.988. The van der Waals surface area contributed by atoms with Gasteiger partial charge in [0.2, 0.25) is 5.82 Å². The van der Waals surface area contributed by atoms with Crippen molar-refractivity contribution in [3.63, 3.8) is 0 Å². The molecule has 4 nitrogen and oxygen atoms in total. The van der Waals surface area contributed by atoms with E-state index in [9.17, 15) is 14.0 Å². The summed E-state index contributed by atoms with van der Waals surface area (Å²) in [7, 11) is 0. The molecule has 0 bridgehead atoms. The Kier molecular flexibility index (Phi) is 1.80. The topological polar surface area (TPSA) is 62.8 Å². The smallest absolute Gasteiger partial charge is 0.287 e. The van der Waals surface area contributed by atoms with Gasteiger partial charge in [-0.1, -0.05) is 0 Å². The van der Waals surface area contributed by atoms with Gasteiger partial charge in [-0.25, -0.2) is 4.98 Å². The second-order valence-electron chi connectivity index (χ2n) is 1.95. The van der Waals surface area contributed by atoms with Crippen LogP contribution < -0.4 is 5.56 Å². The molecule has 0 aliphatic carbocycles. The molecule has 0 aliphatic heterocycles. The molecule has 11 heavy (non-hydrogen) atoms. The van der Waals surface area contributed by atoms with Gasteiger partial charge < -0.3 is 4.98 Å². The Morgan fingerprint density at radius 1 is 1.73 bits per heavy atom. The van der Waals surface area contributed by atoms with Crippen molar-refractivity contribution in [2.24, 2.45) is 0 Å². The van der Waals surface area contributed by atoms with Crippen LogP contribution in [0, 0.1) is 5.82 Å². The first-order valence-corrected chi connectivity index (χ1v) is 2.87. The fourth-order valence-electron chi connectivity index (χ4n) is 0.628. The molecular formula is C6H5FN2O2. The van der Waals surface area contributed by atoms with Crippen LogP contribution in [0.1, 0.15) is 17.4 Å². The summed E-state index contributed by atoms with van der Waals surface area (Å²) >= 11 is 0. The number of aromatic amines is 1. The minimum absolute atomic E-state index is 0.422. The molecule has 1 heterocycles. The van der Waals surface area contributed by atoms with E-state index < -0.39 is 22.9 Å². The highest BCUT2D eigenvalue weighted by atomic mass is 19.1. The fourth-order valence-corrected chi connectivity index (χ4v) is 0.628. The maximum absolute atomic E-state index is 12.6. The first-order chi connectivity index (χ1) is 5.13. The van der Waals surface area contributed by atoms with Gasteiger partial charge in [0.25, 0.3) is 5.56 Å². The summed E-state index contributed by atoms with van der Waals surface area (Å²) in [6, 6.07) is 0. The molecule has 1 aromatic rings. The standard InChI is InChI=1S/C6H5FN2O2/c1-3(10)5-4(7)6(11)9-2-8-5/h2H,1H3,(H,8,9,11). The molecule has 0 spiro atoms. The maximum atomic E-state index is 12.6. The number of Topliss-reactive ketones (excluding diaryl/α,β-unsaturated/α-hetero) is 1. The molecule has 0 aromatic carbocycles. The van der Waals surface area contributed by atoms with Crippen molar-refractivity contribution in [1.29, 1.82) is 0 Å². The number of hydrogen-bond acceptors (Lipinski definition) is 3. The van der Waals surface area contributed by atoms with Crippen molar-refractivity contribution < 1.29 is 9.18 Å². The molecule has 0 amide bonds. The van der Waals surface area contributed by atoms with Crippen LogP contribution in [-0.2, 0) is 0 Å². The molecule has 0 radical (unpaired) electrons. The minimum atomic E-state index is -1.12. The summed E-state index contributed by atoms with van der Waals surface area (Å²) in [5, 5.41) is 0. The summed E-state index contributed by atoms with van der Waals surface area (Å²) in [6.45, 7) is 1.14. The van der Waals surface area contributed by atoms with E-state index in [4.69, 9.17) is 0 Å². The summed E-state index contributed by atoms with van der Waals surface area (Å²) in [5.74, 6) is -1.69. The van der Waals surface area contributed by atoms with Crippen molar-refractivity contribution in [2.45, 2.75) is 6.92 Å². The maximum Gasteiger partial charge on any atom is 0.287 e. The van der Waals surface area contributed by atoms with Gasteiger partial charge in [0.15, 0.2) is 5.78 Å². The third-order valence-corrected chi connectivity index (χ3v) is 1.13. The average Bonchev–Trinajstić information content (AvgIpc) is 1.94. The Morgan fingerprint density at radius 2 is 2.36 bits per heavy atom. The molecule has 0 aliphatic rings. The molecule has 0 unspecified atom stereocenters. The van der Waals surface area contributed by atoms with Gasteiger partial charge >= 0.3 is 0 Å². The first kappa shape index (κ1) is 7.59. The van der Waals surface area contributed by atoms with E-state index in [0.717, 1.165) is 13.3 Å². The van der Waals surface area contributed by atoms with E-state index in [1.54, 1.807) is 0 Å². The first-order valence-electron chi connectivity index (χ1n) is 2.87. The zero-order valence-corrected chi connectivity index (χ0v) is 5.72. The Hall–Kier alpha value is -1.52. The van der Waals surface area contributed by atoms with Crippen LogP contribution in [0.3, 0.4) is 0 Å². The van der Waals surface area contributed by atoms with Crippen LogP contribution >= 0.6 is 0 Å². The van der Waals surface area contributed by atoms with Gasteiger partial charge in [-0.05, 0) is 0 Å². The van der Waals surface area contributed by atoms with Crippen LogP contribution in [0.2, 0.25) is 0 Å². The van der Waals surface area contributed by atoms with E-state index in [-0.39, 0.29) is 0 Å². The highest BCUT2D eigenvalue weighted by Crippen LogP contribution is 1.95. The van der Waals surface area contributed by atoms with Crippen molar-refractivity contribution in [1.82, 2.24) is 9.97 Å². The zero-order chi connectivity index (χ0) is 8.43. The zero-order valence-electron chi connectivity index (χ0n) is 5.72. The van der Waals surface area contributed by atoms with E-state index in [2.05, 4.69) is 4.98 Å². The molecule has 0 fully saturated rings. The molecule has 0 atom stereocenters. The largest absolute Gasteiger partial charge is 0.311 e. The highest BCUT2D eigenvalue weighted by molar-refractivity contribution is 5.92. The Balaban J connectivity index is 3.39. The third-order valence-electron chi connectivity index (χ3n) is 1.13. The lowest BCUT2D eigenvalue weighted by atomic mass is 10.3. The predicted molar refractivity (Wildman–Crippen MR) is 34.8 cm³/mol. The second-order valence-corrected chi connectivity index (χ2v) is 1.95. The van der Waals surface area contributed by atoms with E-state index in [1.807, 2.05) is 4.98 Å². The van der Waals surface area contributed by atoms with Gasteiger partial charge in [0.05, 0.1) is 6.33 Å². The molecule has 5 heteroatoms. The summed E-state index contributed by atoms with van der Waals surface area (Å²) in [4.78, 5) is 26.4. The second kappa shape index (κ2) is 2.61. The molecule has 1 rings (SSSR count). The number of carbonyl (C=O) groups excluding carboxylic acids is 1. The van der Waals surface area contributed by atoms with Crippen LogP contribution in [0.5, 0.6) is 0 Å². The predicted octanol–water partition coefficient (Wildman–Crippen LogP) is 0.112. The lowest BCUT2D eigenvalue weighted by Crippen LogP contribution is -2.16. The Labute approximate surface area is 61.1 Å². The number of hydrogen-bond donors (Lipinski definition) is 1. The van der Waals surface area contributed by atoms with Gasteiger partial charge in [0, 0.05) is 6.92 Å². The van der Waals surface area contributed by atoms with Gasteiger partial charge in [-0.3, -0.25) is 9.59 Å². The minimum Gasteiger partial charge on any atom is -0.311 e. The van der Waals surface area contributed by atoms with Crippen LogP contribution in [0.25, 0.3) is 0 Å². The molecule has 0 saturated carbocycles. The monoisotopic (exact) mass is 156 g/mol. The molecule has 1 N–H and O–H groups in total. The van der Waals surface area contributed by atoms with Crippen LogP contribution in [0.15, 0.2) is 11.1 Å². The number of aromatic nitrogens is 2. The number of nitrogens with zero attached hydrogens (tertiary/aromatic N) is 1. The SMILES string of the molecule is CC(=O)c1nc[nH]c(=O)c1F. The number of H-pyrrole nitrogens is 1. The van der Waals surface area contributed by atoms with E-state index in [0.29, 0.717) is 0 Å². The Morgan fingerprint density at radius 3 is 2.82 bits per heavy atom. The van der Waals surface area contributed by atoms with Gasteiger partial charge in [-0.2, -0.15) is 4.39 Å². The van der Waals surface area contributed by atoms with Gasteiger partial charge in [0.1, 0.15) is 5.69 Å². The molecule has 58 valence electrons. The van der Waals surface area contributed by atoms with Crippen molar-refractivity contribution in [3.05, 3.63) is 28.2 Å². The van der Waals surface area contributed by atoms with E-state index in [1.165, 1.54) is 0 Å². The van der Waals surface area contributed by atoms with Crippen LogP contribution in [0.4, 0.5) is 4.39 Å². The number of ketones is 1. The summed E-state index contributed by atoms with van der Waals surface area (Å²) < 4.78 is 12.6. The number of carbonyl (C=O) groups is 1. The highest BCUT2D eigenvalue weighted by Gasteiger charge is 2.10. The lowest BCUT2D eigenvalue weighted by molar-refractivity contribution is 0.100. The average molecular weight is 156 g/mol. The number of nitrogens with one attached hydrogen (secondary N) is 1. The lowest BCUT2D eigenvalue weighted by Gasteiger charge is -1.92. The van der Waals surface area contributed by atoms with Crippen LogP contribution in [-0.4, -0.2) is 15.8 Å². The van der Waals surface area contributed by atoms with Crippen molar-refractivity contribution in [3.8, 4) is 0 Å². The van der Waals surface area contributed by atoms with Crippen molar-refractivity contribution in [2.75, 3.05) is 0 Å². The summed E-state index contributed by atoms with van der Waals surface area (Å²) in [5.41, 5.74) is -1.35. The number of rotatable bonds is 1. The number of halogens is 1. The van der Waals surface area contributed by atoms with E-state index >= 15 is 0 Å². The fraction of sp³-hybridized carbons (Fsp3) is 0.167. The Bertz CT molecular complexity index is 345. The molecular weight excluding hydrogens is 151 g/mol. The normalized spacial score (nSPS) is 9.64.